The summed E-state index contributed by atoms with van der Waals surface area (Å²) in [5, 5.41) is -2.91. The van der Waals surface area contributed by atoms with E-state index in [0.29, 0.717) is 16.7 Å². The average Bonchev–Trinajstić information content (AvgIpc) is 3.63. The quantitative estimate of drug-likeness (QED) is 0.258. The SMILES string of the molecule is O=c1c2c3c(=O)n(Cc4ccc(F)cc4)c(=O)c3c3c(=O)n(Cc4ccc(F)cc4)c(=O)c3c2c(=O)n1Cc1ccc(F)cc1.c1ccccc1. The van der Waals surface area contributed by atoms with Crippen LogP contribution in [0.5, 0.6) is 0 Å². The summed E-state index contributed by atoms with van der Waals surface area (Å²) in [6.07, 6.45) is 0. The molecule has 0 spiro atoms. The summed E-state index contributed by atoms with van der Waals surface area (Å²) < 4.78 is 42.9. The molecule has 0 bridgehead atoms. The van der Waals surface area contributed by atoms with Gasteiger partial charge in [0.25, 0.3) is 33.4 Å². The van der Waals surface area contributed by atoms with Crippen LogP contribution < -0.4 is 33.4 Å². The van der Waals surface area contributed by atoms with Crippen molar-refractivity contribution in [1.29, 1.82) is 0 Å². The number of nitrogens with zero attached hydrogens (tertiary/aromatic N) is 3. The summed E-state index contributed by atoms with van der Waals surface area (Å²) in [6.45, 7) is -1.04. The van der Waals surface area contributed by atoms with E-state index in [1.54, 1.807) is 0 Å². The van der Waals surface area contributed by atoms with Gasteiger partial charge in [-0.05, 0) is 53.1 Å². The molecule has 0 unspecified atom stereocenters. The zero-order valence-electron chi connectivity index (χ0n) is 26.4. The molecule has 0 atom stereocenters. The fourth-order valence-corrected chi connectivity index (χ4v) is 6.25. The second kappa shape index (κ2) is 13.0. The fourth-order valence-electron chi connectivity index (χ4n) is 6.25. The largest absolute Gasteiger partial charge is 0.270 e. The summed E-state index contributed by atoms with van der Waals surface area (Å²) in [4.78, 5) is 83.1. The standard InChI is InChI=1S/C33H18F3N3O6.C6H6/c34-19-7-1-16(2-8-19)13-37-28(40)22-23(29(37)41)25-27(33(45)39(31(25)43)15-18-5-11-21(36)12-6-18)26-24(22)30(42)38(32(26)44)14-17-3-9-20(35)10-4-17;1-2-4-6-5-3-1/h1-12H,13-15H2;1-6H. The third-order valence-electron chi connectivity index (χ3n) is 8.68. The third kappa shape index (κ3) is 5.76. The minimum absolute atomic E-state index is 0.348. The molecule has 0 amide bonds. The predicted octanol–water partition coefficient (Wildman–Crippen LogP) is 4.27. The van der Waals surface area contributed by atoms with Gasteiger partial charge in [-0.1, -0.05) is 72.8 Å². The van der Waals surface area contributed by atoms with Crippen molar-refractivity contribution in [2.24, 2.45) is 0 Å². The second-order valence-electron chi connectivity index (χ2n) is 11.9. The van der Waals surface area contributed by atoms with Crippen molar-refractivity contribution in [3.05, 3.63) is 205 Å². The van der Waals surface area contributed by atoms with Crippen molar-refractivity contribution in [3.63, 3.8) is 0 Å². The van der Waals surface area contributed by atoms with E-state index < -0.39 is 83.1 Å². The smallest absolute Gasteiger partial charge is 0.262 e. The van der Waals surface area contributed by atoms with E-state index >= 15 is 0 Å². The molecule has 0 saturated carbocycles. The maximum absolute atomic E-state index is 13.8. The van der Waals surface area contributed by atoms with Gasteiger partial charge in [-0.2, -0.15) is 0 Å². The molecule has 8 aromatic rings. The number of aromatic nitrogens is 3. The number of benzene rings is 5. The molecule has 0 radical (unpaired) electrons. The molecule has 51 heavy (non-hydrogen) atoms. The molecule has 12 heteroatoms. The first-order chi connectivity index (χ1) is 24.5. The number of fused-ring (bicyclic) bond motifs is 6. The van der Waals surface area contributed by atoms with E-state index in [0.717, 1.165) is 50.1 Å². The molecule has 0 aliphatic heterocycles. The minimum Gasteiger partial charge on any atom is -0.270 e. The Morgan fingerprint density at radius 2 is 0.490 bits per heavy atom. The Bertz CT molecular complexity index is 2450. The van der Waals surface area contributed by atoms with Crippen LogP contribution >= 0.6 is 0 Å². The lowest BCUT2D eigenvalue weighted by Gasteiger charge is -2.01. The van der Waals surface area contributed by atoms with Crippen LogP contribution in [-0.4, -0.2) is 13.7 Å². The lowest BCUT2D eigenvalue weighted by Crippen LogP contribution is -2.27. The highest BCUT2D eigenvalue weighted by Gasteiger charge is 2.31. The van der Waals surface area contributed by atoms with E-state index in [1.165, 1.54) is 36.4 Å². The van der Waals surface area contributed by atoms with Gasteiger partial charge in [0, 0.05) is 0 Å². The molecule has 8 rings (SSSR count). The molecule has 5 aromatic carbocycles. The number of rotatable bonds is 6. The Labute approximate surface area is 284 Å². The summed E-state index contributed by atoms with van der Waals surface area (Å²) >= 11 is 0. The van der Waals surface area contributed by atoms with Crippen molar-refractivity contribution < 1.29 is 13.2 Å². The molecule has 0 N–H and O–H groups in total. The topological polar surface area (TPSA) is 117 Å². The van der Waals surface area contributed by atoms with E-state index in [4.69, 9.17) is 0 Å². The molecule has 252 valence electrons. The van der Waals surface area contributed by atoms with Gasteiger partial charge in [-0.15, -0.1) is 0 Å². The molecule has 0 aliphatic rings. The number of hydrogen-bond donors (Lipinski definition) is 0. The lowest BCUT2D eigenvalue weighted by atomic mass is 10.0. The molecule has 0 saturated heterocycles. The average molecular weight is 688 g/mol. The van der Waals surface area contributed by atoms with E-state index in [9.17, 15) is 41.9 Å². The summed E-state index contributed by atoms with van der Waals surface area (Å²) in [5.74, 6) is -1.65. The first-order valence-corrected chi connectivity index (χ1v) is 15.6. The zero-order chi connectivity index (χ0) is 36.0. The van der Waals surface area contributed by atoms with Crippen LogP contribution in [0.15, 0.2) is 138 Å². The Kier molecular flexibility index (Phi) is 8.35. The van der Waals surface area contributed by atoms with Gasteiger partial charge in [0.2, 0.25) is 0 Å². The normalized spacial score (nSPS) is 11.4. The van der Waals surface area contributed by atoms with Crippen molar-refractivity contribution in [2.45, 2.75) is 19.6 Å². The van der Waals surface area contributed by atoms with Gasteiger partial charge >= 0.3 is 0 Å². The summed E-state index contributed by atoms with van der Waals surface area (Å²) in [6, 6.07) is 26.9. The van der Waals surface area contributed by atoms with Crippen LogP contribution in [0, 0.1) is 17.5 Å². The Morgan fingerprint density at radius 3 is 0.667 bits per heavy atom. The van der Waals surface area contributed by atoms with Crippen molar-refractivity contribution >= 4 is 32.3 Å². The van der Waals surface area contributed by atoms with Gasteiger partial charge in [0.1, 0.15) is 17.5 Å². The van der Waals surface area contributed by atoms with Gasteiger partial charge < -0.3 is 0 Å². The third-order valence-corrected chi connectivity index (χ3v) is 8.68. The molecule has 0 fully saturated rings. The molecule has 0 aliphatic carbocycles. The number of halogens is 3. The lowest BCUT2D eigenvalue weighted by molar-refractivity contribution is 0.625. The highest BCUT2D eigenvalue weighted by atomic mass is 19.1. The van der Waals surface area contributed by atoms with Crippen LogP contribution in [-0.2, 0) is 19.6 Å². The van der Waals surface area contributed by atoms with Crippen molar-refractivity contribution in [2.75, 3.05) is 0 Å². The van der Waals surface area contributed by atoms with Crippen molar-refractivity contribution in [1.82, 2.24) is 13.7 Å². The van der Waals surface area contributed by atoms with Crippen molar-refractivity contribution in [3.8, 4) is 0 Å². The second-order valence-corrected chi connectivity index (χ2v) is 11.9. The Morgan fingerprint density at radius 1 is 0.314 bits per heavy atom. The van der Waals surface area contributed by atoms with E-state index in [-0.39, 0.29) is 19.6 Å². The Balaban J connectivity index is 0.000000615. The maximum Gasteiger partial charge on any atom is 0.262 e. The van der Waals surface area contributed by atoms with Crippen LogP contribution in [0.3, 0.4) is 0 Å². The van der Waals surface area contributed by atoms with Gasteiger partial charge in [-0.25, -0.2) is 13.2 Å². The van der Waals surface area contributed by atoms with E-state index in [1.807, 2.05) is 36.4 Å². The van der Waals surface area contributed by atoms with Crippen LogP contribution in [0.4, 0.5) is 13.2 Å². The summed E-state index contributed by atoms with van der Waals surface area (Å²) in [5.41, 5.74) is -4.75. The minimum atomic E-state index is -0.972. The van der Waals surface area contributed by atoms with E-state index in [2.05, 4.69) is 0 Å². The predicted molar refractivity (Wildman–Crippen MR) is 187 cm³/mol. The highest BCUT2D eigenvalue weighted by molar-refractivity contribution is 6.25. The van der Waals surface area contributed by atoms with Crippen LogP contribution in [0.25, 0.3) is 32.3 Å². The van der Waals surface area contributed by atoms with Gasteiger partial charge in [0.15, 0.2) is 0 Å². The highest BCUT2D eigenvalue weighted by Crippen LogP contribution is 2.26. The Hall–Kier alpha value is -6.69. The van der Waals surface area contributed by atoms with Crippen LogP contribution in [0.1, 0.15) is 16.7 Å². The molecular formula is C39H24F3N3O6. The molecule has 3 heterocycles. The molecular weight excluding hydrogens is 663 g/mol. The fraction of sp³-hybridized carbons (Fsp3) is 0.0769. The van der Waals surface area contributed by atoms with Gasteiger partial charge in [-0.3, -0.25) is 42.5 Å². The molecule has 3 aromatic heterocycles. The maximum atomic E-state index is 13.8. The monoisotopic (exact) mass is 687 g/mol. The zero-order valence-corrected chi connectivity index (χ0v) is 26.4. The first kappa shape index (κ1) is 32.8. The summed E-state index contributed by atoms with van der Waals surface area (Å²) in [7, 11) is 0. The van der Waals surface area contributed by atoms with Gasteiger partial charge in [0.05, 0.1) is 52.0 Å². The first-order valence-electron chi connectivity index (χ1n) is 15.6. The molecule has 9 nitrogen and oxygen atoms in total. The van der Waals surface area contributed by atoms with Crippen LogP contribution in [0.2, 0.25) is 0 Å². The number of hydrogen-bond acceptors (Lipinski definition) is 6.